The molecule has 0 radical (unpaired) electrons. The van der Waals surface area contributed by atoms with Gasteiger partial charge in [0.1, 0.15) is 0 Å². The minimum Gasteiger partial charge on any atom is -0.375 e. The Kier molecular flexibility index (Phi) is 5.15. The maximum Gasteiger partial charge on any atom is 0.264 e. The molecular formula is C23H19Cl2NO2. The molecule has 0 fully saturated rings. The second-order valence-corrected chi connectivity index (χ2v) is 7.77. The van der Waals surface area contributed by atoms with Crippen LogP contribution in [0.3, 0.4) is 0 Å². The van der Waals surface area contributed by atoms with Crippen LogP contribution in [0.15, 0.2) is 72.8 Å². The van der Waals surface area contributed by atoms with E-state index in [9.17, 15) is 9.90 Å². The zero-order valence-electron chi connectivity index (χ0n) is 15.1. The molecule has 0 aromatic heterocycles. The molecule has 3 aromatic carbocycles. The molecule has 4 rings (SSSR count). The van der Waals surface area contributed by atoms with E-state index in [0.29, 0.717) is 39.7 Å². The van der Waals surface area contributed by atoms with E-state index in [1.807, 2.05) is 54.6 Å². The number of rotatable bonds is 5. The molecule has 1 atom stereocenters. The number of aliphatic hydroxyl groups is 1. The maximum absolute atomic E-state index is 13.3. The summed E-state index contributed by atoms with van der Waals surface area (Å²) in [6, 6.07) is 22.5. The van der Waals surface area contributed by atoms with Gasteiger partial charge in [-0.05, 0) is 36.6 Å². The lowest BCUT2D eigenvalue weighted by Crippen LogP contribution is -2.40. The SMILES string of the molecule is O=C1N(Cc2c(Cl)cccc2Cl)c2ccccc2C1(O)CCc1ccccc1. The Hall–Kier alpha value is -2.33. The summed E-state index contributed by atoms with van der Waals surface area (Å²) in [5, 5.41) is 12.4. The summed E-state index contributed by atoms with van der Waals surface area (Å²) in [6.45, 7) is 0.210. The Bertz CT molecular complexity index is 1000. The summed E-state index contributed by atoms with van der Waals surface area (Å²) in [4.78, 5) is 14.9. The van der Waals surface area contributed by atoms with E-state index in [4.69, 9.17) is 23.2 Å². The summed E-state index contributed by atoms with van der Waals surface area (Å²) in [6.07, 6.45) is 0.901. The molecule has 3 aromatic rings. The van der Waals surface area contributed by atoms with Crippen molar-refractivity contribution in [1.82, 2.24) is 0 Å². The molecular weight excluding hydrogens is 393 g/mol. The topological polar surface area (TPSA) is 40.5 Å². The number of anilines is 1. The van der Waals surface area contributed by atoms with E-state index < -0.39 is 5.60 Å². The highest BCUT2D eigenvalue weighted by molar-refractivity contribution is 6.36. The van der Waals surface area contributed by atoms with Gasteiger partial charge in [-0.15, -0.1) is 0 Å². The van der Waals surface area contributed by atoms with Gasteiger partial charge in [0.2, 0.25) is 0 Å². The van der Waals surface area contributed by atoms with Gasteiger partial charge in [0.25, 0.3) is 5.91 Å². The molecule has 3 nitrogen and oxygen atoms in total. The first-order chi connectivity index (χ1) is 13.5. The van der Waals surface area contributed by atoms with Crippen LogP contribution in [0, 0.1) is 0 Å². The number of halogens is 2. The first-order valence-corrected chi connectivity index (χ1v) is 9.87. The number of fused-ring (bicyclic) bond motifs is 1. The fourth-order valence-corrected chi connectivity index (χ4v) is 4.23. The molecule has 1 heterocycles. The normalized spacial score (nSPS) is 18.4. The number of nitrogens with zero attached hydrogens (tertiary/aromatic N) is 1. The highest BCUT2D eigenvalue weighted by Gasteiger charge is 2.49. The molecule has 1 aliphatic rings. The van der Waals surface area contributed by atoms with Crippen LogP contribution in [0.1, 0.15) is 23.1 Å². The van der Waals surface area contributed by atoms with Crippen LogP contribution in [-0.2, 0) is 23.4 Å². The molecule has 0 spiro atoms. The number of carbonyl (C=O) groups excluding carboxylic acids is 1. The third-order valence-electron chi connectivity index (χ3n) is 5.24. The van der Waals surface area contributed by atoms with Gasteiger partial charge in [0.05, 0.1) is 12.2 Å². The zero-order chi connectivity index (χ0) is 19.7. The molecule has 5 heteroatoms. The maximum atomic E-state index is 13.3. The average molecular weight is 412 g/mol. The van der Waals surface area contributed by atoms with Crippen molar-refractivity contribution in [3.63, 3.8) is 0 Å². The Balaban J connectivity index is 1.68. The number of hydrogen-bond acceptors (Lipinski definition) is 2. The van der Waals surface area contributed by atoms with Crippen molar-refractivity contribution >= 4 is 34.8 Å². The van der Waals surface area contributed by atoms with Gasteiger partial charge < -0.3 is 10.0 Å². The Morgan fingerprint density at radius 2 is 1.50 bits per heavy atom. The monoisotopic (exact) mass is 411 g/mol. The van der Waals surface area contributed by atoms with Gasteiger partial charge in [-0.2, -0.15) is 0 Å². The quantitative estimate of drug-likeness (QED) is 0.613. The molecule has 0 bridgehead atoms. The van der Waals surface area contributed by atoms with E-state index in [-0.39, 0.29) is 12.5 Å². The van der Waals surface area contributed by atoms with Crippen LogP contribution in [0.25, 0.3) is 0 Å². The van der Waals surface area contributed by atoms with Crippen LogP contribution >= 0.6 is 23.2 Å². The lowest BCUT2D eigenvalue weighted by molar-refractivity contribution is -0.136. The smallest absolute Gasteiger partial charge is 0.264 e. The van der Waals surface area contributed by atoms with Crippen molar-refractivity contribution in [2.45, 2.75) is 25.0 Å². The van der Waals surface area contributed by atoms with Crippen molar-refractivity contribution in [3.8, 4) is 0 Å². The van der Waals surface area contributed by atoms with Crippen LogP contribution in [0.5, 0.6) is 0 Å². The second kappa shape index (κ2) is 7.59. The number of para-hydroxylation sites is 1. The van der Waals surface area contributed by atoms with Crippen molar-refractivity contribution in [1.29, 1.82) is 0 Å². The number of hydrogen-bond donors (Lipinski definition) is 1. The predicted molar refractivity (Wildman–Crippen MR) is 113 cm³/mol. The third kappa shape index (κ3) is 3.30. The van der Waals surface area contributed by atoms with Crippen LogP contribution in [0.4, 0.5) is 5.69 Å². The number of amides is 1. The molecule has 1 N–H and O–H groups in total. The minimum absolute atomic E-state index is 0.210. The number of carbonyl (C=O) groups is 1. The second-order valence-electron chi connectivity index (χ2n) is 6.95. The summed E-state index contributed by atoms with van der Waals surface area (Å²) in [7, 11) is 0. The van der Waals surface area contributed by atoms with Gasteiger partial charge in [-0.25, -0.2) is 0 Å². The minimum atomic E-state index is -1.57. The first-order valence-electron chi connectivity index (χ1n) is 9.11. The van der Waals surface area contributed by atoms with Crippen LogP contribution < -0.4 is 4.90 Å². The third-order valence-corrected chi connectivity index (χ3v) is 5.94. The highest BCUT2D eigenvalue weighted by Crippen LogP contribution is 2.44. The van der Waals surface area contributed by atoms with Crippen LogP contribution in [0.2, 0.25) is 10.0 Å². The summed E-state index contributed by atoms with van der Waals surface area (Å²) < 4.78 is 0. The fraction of sp³-hybridized carbons (Fsp3) is 0.174. The predicted octanol–water partition coefficient (Wildman–Crippen LogP) is 5.36. The Morgan fingerprint density at radius 1 is 0.857 bits per heavy atom. The summed E-state index contributed by atoms with van der Waals surface area (Å²) >= 11 is 12.6. The van der Waals surface area contributed by atoms with Gasteiger partial charge >= 0.3 is 0 Å². The van der Waals surface area contributed by atoms with Gasteiger partial charge in [-0.1, -0.05) is 77.8 Å². The fourth-order valence-electron chi connectivity index (χ4n) is 3.72. The van der Waals surface area contributed by atoms with Crippen molar-refractivity contribution in [3.05, 3.63) is 99.5 Å². The average Bonchev–Trinajstić information content (AvgIpc) is 2.92. The van der Waals surface area contributed by atoms with Crippen molar-refractivity contribution in [2.75, 3.05) is 4.90 Å². The lowest BCUT2D eigenvalue weighted by atomic mass is 9.89. The van der Waals surface area contributed by atoms with Crippen LogP contribution in [-0.4, -0.2) is 11.0 Å². The summed E-state index contributed by atoms with van der Waals surface area (Å²) in [5.74, 6) is -0.347. The van der Waals surface area contributed by atoms with E-state index in [2.05, 4.69) is 0 Å². The molecule has 1 aliphatic heterocycles. The van der Waals surface area contributed by atoms with Gasteiger partial charge in [-0.3, -0.25) is 4.79 Å². The van der Waals surface area contributed by atoms with E-state index in [0.717, 1.165) is 5.56 Å². The molecule has 1 amide bonds. The zero-order valence-corrected chi connectivity index (χ0v) is 16.6. The Morgan fingerprint density at radius 3 is 2.21 bits per heavy atom. The van der Waals surface area contributed by atoms with Gasteiger partial charge in [0.15, 0.2) is 5.60 Å². The lowest BCUT2D eigenvalue weighted by Gasteiger charge is -2.24. The summed E-state index contributed by atoms with van der Waals surface area (Å²) in [5.41, 5.74) is 1.49. The Labute approximate surface area is 174 Å². The molecule has 0 saturated heterocycles. The molecule has 0 saturated carbocycles. The molecule has 142 valence electrons. The van der Waals surface area contributed by atoms with E-state index in [1.54, 1.807) is 23.1 Å². The number of aryl methyl sites for hydroxylation is 1. The highest BCUT2D eigenvalue weighted by atomic mass is 35.5. The van der Waals surface area contributed by atoms with Gasteiger partial charge in [0, 0.05) is 21.2 Å². The first kappa shape index (κ1) is 19.0. The van der Waals surface area contributed by atoms with Crippen molar-refractivity contribution in [2.24, 2.45) is 0 Å². The van der Waals surface area contributed by atoms with E-state index >= 15 is 0 Å². The molecule has 0 aliphatic carbocycles. The standard InChI is InChI=1S/C23H19Cl2NO2/c24-19-10-6-11-20(25)17(19)15-26-21-12-5-4-9-18(21)23(28,22(26)27)14-13-16-7-2-1-3-8-16/h1-12,28H,13-15H2. The van der Waals surface area contributed by atoms with Crippen molar-refractivity contribution < 1.29 is 9.90 Å². The number of benzene rings is 3. The van der Waals surface area contributed by atoms with E-state index in [1.165, 1.54) is 0 Å². The molecule has 1 unspecified atom stereocenters. The largest absolute Gasteiger partial charge is 0.375 e. The molecule has 28 heavy (non-hydrogen) atoms.